The number of anilines is 1. The number of nitrogens with zero attached hydrogens (tertiary/aromatic N) is 4. The SMILES string of the molecule is CN(Cc1nccn1C)c1ccc(F)cn1. The lowest BCUT2D eigenvalue weighted by atomic mass is 10.4. The van der Waals surface area contributed by atoms with Gasteiger partial charge in [0.1, 0.15) is 17.5 Å². The zero-order valence-corrected chi connectivity index (χ0v) is 9.26. The van der Waals surface area contributed by atoms with Gasteiger partial charge >= 0.3 is 0 Å². The maximum atomic E-state index is 12.7. The van der Waals surface area contributed by atoms with E-state index < -0.39 is 0 Å². The summed E-state index contributed by atoms with van der Waals surface area (Å²) in [7, 11) is 3.84. The Labute approximate surface area is 93.4 Å². The standard InChI is InChI=1S/C11H13FN4/c1-15-6-5-13-11(15)8-16(2)10-4-3-9(12)7-14-10/h3-7H,8H2,1-2H3. The van der Waals surface area contributed by atoms with Crippen molar-refractivity contribution < 1.29 is 4.39 Å². The van der Waals surface area contributed by atoms with E-state index in [2.05, 4.69) is 9.97 Å². The third-order valence-electron chi connectivity index (χ3n) is 2.40. The topological polar surface area (TPSA) is 34.0 Å². The van der Waals surface area contributed by atoms with Crippen molar-refractivity contribution in [1.82, 2.24) is 14.5 Å². The molecule has 2 aromatic rings. The molecule has 0 aliphatic carbocycles. The first-order valence-electron chi connectivity index (χ1n) is 4.95. The van der Waals surface area contributed by atoms with Gasteiger partial charge in [-0.1, -0.05) is 0 Å². The second-order valence-corrected chi connectivity index (χ2v) is 3.65. The van der Waals surface area contributed by atoms with Crippen LogP contribution < -0.4 is 4.90 Å². The number of hydrogen-bond acceptors (Lipinski definition) is 3. The summed E-state index contributed by atoms with van der Waals surface area (Å²) in [5.41, 5.74) is 0. The fourth-order valence-electron chi connectivity index (χ4n) is 1.44. The molecule has 0 spiro atoms. The van der Waals surface area contributed by atoms with E-state index in [1.54, 1.807) is 12.3 Å². The van der Waals surface area contributed by atoms with Crippen molar-refractivity contribution in [3.05, 3.63) is 42.4 Å². The third kappa shape index (κ3) is 2.18. The molecule has 0 amide bonds. The highest BCUT2D eigenvalue weighted by molar-refractivity contribution is 5.36. The average molecular weight is 220 g/mol. The van der Waals surface area contributed by atoms with Gasteiger partial charge in [0, 0.05) is 26.5 Å². The van der Waals surface area contributed by atoms with Crippen molar-refractivity contribution in [1.29, 1.82) is 0 Å². The Bertz CT molecular complexity index is 463. The molecule has 0 atom stereocenters. The molecule has 2 rings (SSSR count). The molecular weight excluding hydrogens is 207 g/mol. The second-order valence-electron chi connectivity index (χ2n) is 3.65. The maximum Gasteiger partial charge on any atom is 0.141 e. The molecule has 0 radical (unpaired) electrons. The quantitative estimate of drug-likeness (QED) is 0.787. The molecule has 4 nitrogen and oxygen atoms in total. The van der Waals surface area contributed by atoms with Gasteiger partial charge in [-0.3, -0.25) is 0 Å². The van der Waals surface area contributed by atoms with Gasteiger partial charge in [-0.15, -0.1) is 0 Å². The molecule has 2 heterocycles. The summed E-state index contributed by atoms with van der Waals surface area (Å²) in [5, 5.41) is 0. The van der Waals surface area contributed by atoms with Crippen molar-refractivity contribution >= 4 is 5.82 Å². The van der Waals surface area contributed by atoms with Crippen molar-refractivity contribution in [2.45, 2.75) is 6.54 Å². The minimum atomic E-state index is -0.325. The van der Waals surface area contributed by atoms with Gasteiger partial charge in [0.2, 0.25) is 0 Å². The average Bonchev–Trinajstić information content (AvgIpc) is 2.65. The molecule has 84 valence electrons. The number of pyridine rings is 1. The maximum absolute atomic E-state index is 12.7. The number of hydrogen-bond donors (Lipinski definition) is 0. The van der Waals surface area contributed by atoms with Crippen molar-refractivity contribution in [2.75, 3.05) is 11.9 Å². The van der Waals surface area contributed by atoms with Gasteiger partial charge in [0.05, 0.1) is 12.7 Å². The first kappa shape index (κ1) is 10.6. The molecule has 0 saturated carbocycles. The van der Waals surface area contributed by atoms with Crippen LogP contribution in [-0.4, -0.2) is 21.6 Å². The molecule has 5 heteroatoms. The molecule has 16 heavy (non-hydrogen) atoms. The number of halogens is 1. The molecule has 0 bridgehead atoms. The van der Waals surface area contributed by atoms with Gasteiger partial charge in [0.25, 0.3) is 0 Å². The monoisotopic (exact) mass is 220 g/mol. The number of rotatable bonds is 3. The number of aromatic nitrogens is 3. The van der Waals surface area contributed by atoms with Crippen LogP contribution in [0.2, 0.25) is 0 Å². The van der Waals surface area contributed by atoms with E-state index in [0.717, 1.165) is 11.6 Å². The van der Waals surface area contributed by atoms with Crippen LogP contribution >= 0.6 is 0 Å². The van der Waals surface area contributed by atoms with E-state index >= 15 is 0 Å². The van der Waals surface area contributed by atoms with Crippen LogP contribution in [0.4, 0.5) is 10.2 Å². The largest absolute Gasteiger partial charge is 0.352 e. The Morgan fingerprint density at radius 2 is 2.19 bits per heavy atom. The van der Waals surface area contributed by atoms with E-state index in [0.29, 0.717) is 6.54 Å². The minimum Gasteiger partial charge on any atom is -0.352 e. The summed E-state index contributed by atoms with van der Waals surface area (Å²) in [4.78, 5) is 10.1. The summed E-state index contributed by atoms with van der Waals surface area (Å²) in [6, 6.07) is 3.05. The predicted molar refractivity (Wildman–Crippen MR) is 59.5 cm³/mol. The van der Waals surface area contributed by atoms with Gasteiger partial charge < -0.3 is 9.47 Å². The van der Waals surface area contributed by atoms with Gasteiger partial charge in [0.15, 0.2) is 0 Å². The lowest BCUT2D eigenvalue weighted by Crippen LogP contribution is -2.19. The third-order valence-corrected chi connectivity index (χ3v) is 2.40. The van der Waals surface area contributed by atoms with Crippen LogP contribution in [-0.2, 0) is 13.6 Å². The van der Waals surface area contributed by atoms with Crippen LogP contribution in [0, 0.1) is 5.82 Å². The first-order chi connectivity index (χ1) is 7.66. The van der Waals surface area contributed by atoms with Crippen LogP contribution in [0.5, 0.6) is 0 Å². The van der Waals surface area contributed by atoms with E-state index in [9.17, 15) is 4.39 Å². The molecule has 2 aromatic heterocycles. The molecule has 0 unspecified atom stereocenters. The second kappa shape index (κ2) is 4.30. The predicted octanol–water partition coefficient (Wildman–Crippen LogP) is 1.59. The highest BCUT2D eigenvalue weighted by atomic mass is 19.1. The Kier molecular flexibility index (Phi) is 2.85. The molecule has 0 aromatic carbocycles. The van der Waals surface area contributed by atoms with Crippen LogP contribution in [0.3, 0.4) is 0 Å². The lowest BCUT2D eigenvalue weighted by molar-refractivity contribution is 0.620. The van der Waals surface area contributed by atoms with Crippen molar-refractivity contribution in [3.63, 3.8) is 0 Å². The summed E-state index contributed by atoms with van der Waals surface area (Å²) in [6.07, 6.45) is 4.85. The zero-order chi connectivity index (χ0) is 11.5. The molecule has 0 saturated heterocycles. The van der Waals surface area contributed by atoms with Gasteiger partial charge in [-0.25, -0.2) is 14.4 Å². The summed E-state index contributed by atoms with van der Waals surface area (Å²) >= 11 is 0. The Morgan fingerprint density at radius 1 is 1.38 bits per heavy atom. The Balaban J connectivity index is 2.11. The summed E-state index contributed by atoms with van der Waals surface area (Å²) in [6.45, 7) is 0.641. The van der Waals surface area contributed by atoms with Crippen LogP contribution in [0.15, 0.2) is 30.7 Å². The fraction of sp³-hybridized carbons (Fsp3) is 0.273. The minimum absolute atomic E-state index is 0.325. The molecule has 0 N–H and O–H groups in total. The highest BCUT2D eigenvalue weighted by Gasteiger charge is 2.06. The van der Waals surface area contributed by atoms with E-state index in [4.69, 9.17) is 0 Å². The Morgan fingerprint density at radius 3 is 2.75 bits per heavy atom. The molecule has 0 fully saturated rings. The molecular formula is C11H13FN4. The van der Waals surface area contributed by atoms with Crippen molar-refractivity contribution in [2.24, 2.45) is 7.05 Å². The number of aryl methyl sites for hydroxylation is 1. The smallest absolute Gasteiger partial charge is 0.141 e. The highest BCUT2D eigenvalue weighted by Crippen LogP contribution is 2.11. The Hall–Kier alpha value is -1.91. The van der Waals surface area contributed by atoms with E-state index in [1.807, 2.05) is 29.8 Å². The van der Waals surface area contributed by atoms with Crippen LogP contribution in [0.1, 0.15) is 5.82 Å². The van der Waals surface area contributed by atoms with E-state index in [1.165, 1.54) is 12.3 Å². The zero-order valence-electron chi connectivity index (χ0n) is 9.26. The normalized spacial score (nSPS) is 10.4. The van der Waals surface area contributed by atoms with Gasteiger partial charge in [-0.05, 0) is 12.1 Å². The summed E-state index contributed by atoms with van der Waals surface area (Å²) < 4.78 is 14.6. The van der Waals surface area contributed by atoms with E-state index in [-0.39, 0.29) is 5.82 Å². The molecule has 0 aliphatic rings. The number of imidazole rings is 1. The first-order valence-corrected chi connectivity index (χ1v) is 4.95. The molecule has 0 aliphatic heterocycles. The van der Waals surface area contributed by atoms with Crippen LogP contribution in [0.25, 0.3) is 0 Å². The van der Waals surface area contributed by atoms with Crippen molar-refractivity contribution in [3.8, 4) is 0 Å². The lowest BCUT2D eigenvalue weighted by Gasteiger charge is -2.17. The van der Waals surface area contributed by atoms with Gasteiger partial charge in [-0.2, -0.15) is 0 Å². The fourth-order valence-corrected chi connectivity index (χ4v) is 1.44. The summed E-state index contributed by atoms with van der Waals surface area (Å²) in [5.74, 6) is 1.34.